The molecule has 0 bridgehead atoms. The van der Waals surface area contributed by atoms with E-state index in [4.69, 9.17) is 9.47 Å². The number of amides is 2. The van der Waals surface area contributed by atoms with Crippen molar-refractivity contribution in [1.29, 1.82) is 0 Å². The Morgan fingerprint density at radius 1 is 0.486 bits per heavy atom. The third kappa shape index (κ3) is 15.3. The Labute approximate surface area is 401 Å². The monoisotopic (exact) mass is 1020 g/mol. The molecule has 0 radical (unpaired) electrons. The molecule has 4 N–H and O–H groups in total. The van der Waals surface area contributed by atoms with Crippen molar-refractivity contribution in [3.05, 3.63) is 131 Å². The number of hydrogen-bond donors (Lipinski definition) is 4. The fraction of sp³-hybridized carbons (Fsp3) is 0.417. The summed E-state index contributed by atoms with van der Waals surface area (Å²) in [5, 5.41) is 5.82. The number of hydrogen-bond acceptors (Lipinski definition) is 10. The normalized spacial score (nSPS) is 19.8. The number of carbonyl (C=O) groups excluding carboxylic acids is 4. The van der Waals surface area contributed by atoms with Crippen LogP contribution in [0.5, 0.6) is 0 Å². The minimum Gasteiger partial charge on any atom is -0.463 e. The number of rotatable bonds is 19. The quantitative estimate of drug-likeness (QED) is 0.0533. The number of carbonyl (C=O) groups is 4. The van der Waals surface area contributed by atoms with Crippen molar-refractivity contribution < 1.29 is 71.8 Å². The number of ether oxygens (including phenoxy) is 2. The Bertz CT molecular complexity index is 2440. The van der Waals surface area contributed by atoms with Crippen LogP contribution in [0.1, 0.15) is 98.5 Å². The van der Waals surface area contributed by atoms with Crippen molar-refractivity contribution in [3.8, 4) is 0 Å². The fourth-order valence-electron chi connectivity index (χ4n) is 8.26. The van der Waals surface area contributed by atoms with Gasteiger partial charge in [-0.15, -0.1) is 0 Å². The van der Waals surface area contributed by atoms with Crippen LogP contribution in [-0.2, 0) is 61.1 Å². The Morgan fingerprint density at radius 3 is 1.10 bits per heavy atom. The Morgan fingerprint density at radius 2 is 0.800 bits per heavy atom. The van der Waals surface area contributed by atoms with Crippen molar-refractivity contribution in [1.82, 2.24) is 20.1 Å². The maximum Gasteiger partial charge on any atom is 0.416 e. The minimum absolute atomic E-state index is 0.277. The average molecular weight is 1020 g/mol. The molecule has 0 heterocycles. The Balaban J connectivity index is 0.939. The molecule has 0 unspecified atom stereocenters. The zero-order valence-corrected chi connectivity index (χ0v) is 39.1. The molecule has 14 nitrogen and oxygen atoms in total. The highest BCUT2D eigenvalue weighted by molar-refractivity contribution is 7.89. The molecule has 0 aliphatic heterocycles. The van der Waals surface area contributed by atoms with Gasteiger partial charge in [-0.25, -0.2) is 26.3 Å². The lowest BCUT2D eigenvalue weighted by molar-refractivity contribution is -0.151. The first-order chi connectivity index (χ1) is 33.1. The molecule has 0 spiro atoms. The van der Waals surface area contributed by atoms with Crippen molar-refractivity contribution >= 4 is 43.8 Å². The van der Waals surface area contributed by atoms with Crippen molar-refractivity contribution in [2.45, 2.75) is 111 Å². The van der Waals surface area contributed by atoms with E-state index < -0.39 is 91.5 Å². The first kappa shape index (κ1) is 53.5. The summed E-state index contributed by atoms with van der Waals surface area (Å²) in [7, 11) is -8.25. The van der Waals surface area contributed by atoms with Gasteiger partial charge in [0, 0.05) is 23.9 Å². The largest absolute Gasteiger partial charge is 0.463 e. The smallest absolute Gasteiger partial charge is 0.416 e. The van der Waals surface area contributed by atoms with Gasteiger partial charge in [-0.3, -0.25) is 19.2 Å². The third-order valence-electron chi connectivity index (χ3n) is 12.2. The van der Waals surface area contributed by atoms with Gasteiger partial charge in [0.05, 0.1) is 45.8 Å². The van der Waals surface area contributed by atoms with Crippen LogP contribution in [0.4, 0.5) is 26.3 Å². The van der Waals surface area contributed by atoms with E-state index in [2.05, 4.69) is 20.1 Å². The number of alkyl halides is 6. The van der Waals surface area contributed by atoms with Crippen molar-refractivity contribution in [2.24, 2.45) is 11.8 Å². The number of esters is 2. The average Bonchev–Trinajstić information content (AvgIpc) is 3.33. The lowest BCUT2D eigenvalue weighted by Crippen LogP contribution is -2.42. The summed E-state index contributed by atoms with van der Waals surface area (Å²) in [6.07, 6.45) is -7.62. The lowest BCUT2D eigenvalue weighted by Gasteiger charge is -2.30. The van der Waals surface area contributed by atoms with Crippen LogP contribution in [0.15, 0.2) is 119 Å². The van der Waals surface area contributed by atoms with Gasteiger partial charge < -0.3 is 20.1 Å². The minimum atomic E-state index is -4.62. The predicted molar refractivity (Wildman–Crippen MR) is 241 cm³/mol. The second kappa shape index (κ2) is 23.4. The Kier molecular flexibility index (Phi) is 17.9. The molecule has 6 rings (SSSR count). The topological polar surface area (TPSA) is 203 Å². The van der Waals surface area contributed by atoms with Crippen molar-refractivity contribution in [3.63, 3.8) is 0 Å². The van der Waals surface area contributed by atoms with Gasteiger partial charge in [-0.2, -0.15) is 26.3 Å². The number of halogens is 6. The first-order valence-corrected chi connectivity index (χ1v) is 25.4. The van der Waals surface area contributed by atoms with Crippen LogP contribution in [0.3, 0.4) is 0 Å². The molecule has 2 fully saturated rings. The zero-order valence-electron chi connectivity index (χ0n) is 37.5. The first-order valence-electron chi connectivity index (χ1n) is 22.5. The third-order valence-corrected chi connectivity index (χ3v) is 15.3. The van der Waals surface area contributed by atoms with Crippen LogP contribution in [0, 0.1) is 11.8 Å². The van der Waals surface area contributed by atoms with E-state index in [1.54, 1.807) is 60.7 Å². The molecule has 70 heavy (non-hydrogen) atoms. The molecule has 4 aromatic carbocycles. The highest BCUT2D eigenvalue weighted by atomic mass is 32.2. The molecule has 22 heteroatoms. The molecule has 2 aliphatic rings. The molecule has 2 amide bonds. The molecular weight excluding hydrogens is 971 g/mol. The van der Waals surface area contributed by atoms with Crippen LogP contribution in [-0.4, -0.2) is 65.9 Å². The van der Waals surface area contributed by atoms with E-state index in [0.29, 0.717) is 61.1 Å². The maximum atomic E-state index is 13.5. The summed E-state index contributed by atoms with van der Waals surface area (Å²) in [6.45, 7) is -0.554. The van der Waals surface area contributed by atoms with E-state index in [1.807, 2.05) is 0 Å². The molecule has 0 saturated heterocycles. The highest BCUT2D eigenvalue weighted by Crippen LogP contribution is 2.33. The van der Waals surface area contributed by atoms with Crippen LogP contribution >= 0.6 is 0 Å². The Hall–Kier alpha value is -5.84. The molecular formula is C48H52F6N4O10S2. The van der Waals surface area contributed by atoms with Crippen LogP contribution < -0.4 is 20.1 Å². The zero-order chi connectivity index (χ0) is 50.7. The summed E-state index contributed by atoms with van der Waals surface area (Å²) in [6, 6.07) is 21.1. The van der Waals surface area contributed by atoms with Gasteiger partial charge in [0.15, 0.2) is 0 Å². The van der Waals surface area contributed by atoms with E-state index in [-0.39, 0.29) is 73.3 Å². The van der Waals surface area contributed by atoms with Gasteiger partial charge in [-0.05, 0) is 111 Å². The summed E-state index contributed by atoms with van der Waals surface area (Å²) >= 11 is 0. The van der Waals surface area contributed by atoms with E-state index in [9.17, 15) is 62.4 Å². The van der Waals surface area contributed by atoms with Crippen LogP contribution in [0.2, 0.25) is 0 Å². The van der Waals surface area contributed by atoms with E-state index in [0.717, 1.165) is 24.3 Å². The highest BCUT2D eigenvalue weighted by Gasteiger charge is 2.35. The molecule has 2 atom stereocenters. The van der Waals surface area contributed by atoms with Crippen LogP contribution in [0.25, 0.3) is 0 Å². The van der Waals surface area contributed by atoms with Gasteiger partial charge in [0.25, 0.3) is 0 Å². The van der Waals surface area contributed by atoms with Gasteiger partial charge in [-0.1, -0.05) is 60.7 Å². The molecule has 378 valence electrons. The summed E-state index contributed by atoms with van der Waals surface area (Å²) in [5.41, 5.74) is -0.698. The van der Waals surface area contributed by atoms with Crippen molar-refractivity contribution in [2.75, 3.05) is 13.2 Å². The standard InChI is InChI=1S/C48H52F6N4O10S2/c49-47(50,51)35-15-23-39(24-16-35)69(63,64)57-37-19-11-33(12-20-37)45(61)55-41(31-7-3-1-4-8-31)29-67-43(59)27-28-44(60)68-30-42(32-9-5-2-6-10-32)56-46(62)34-13-21-38(22-14-34)58-70(65,66)40-25-17-36(18-26-40)48(52,53)54/h1-10,15-18,23-26,33-34,37-38,41-42,57-58H,11-14,19-22,27-30H2,(H,55,61)(H,56,62)/t33?,34?,37?,38?,41-,42-/m0/s1. The molecule has 4 aromatic rings. The number of nitrogens with one attached hydrogen (secondary N) is 4. The number of sulfonamides is 2. The fourth-order valence-corrected chi connectivity index (χ4v) is 10.9. The molecule has 2 aliphatic carbocycles. The second-order valence-electron chi connectivity index (χ2n) is 17.2. The number of benzene rings is 4. The molecule has 2 saturated carbocycles. The summed E-state index contributed by atoms with van der Waals surface area (Å²) < 4.78 is 145. The maximum absolute atomic E-state index is 13.5. The summed E-state index contributed by atoms with van der Waals surface area (Å²) in [4.78, 5) is 52.1. The molecule has 0 aromatic heterocycles. The second-order valence-corrected chi connectivity index (χ2v) is 20.6. The SMILES string of the molecule is O=C(CCC(=O)OC[C@H](NC(=O)C1CCC(NS(=O)(=O)c2ccc(C(F)(F)F)cc2)CC1)c1ccccc1)OC[C@H](NC(=O)C1CCC(NS(=O)(=O)c2ccc(C(F)(F)F)cc2)CC1)c1ccccc1. The van der Waals surface area contributed by atoms with Gasteiger partial charge in [0.2, 0.25) is 31.9 Å². The van der Waals surface area contributed by atoms with Gasteiger partial charge >= 0.3 is 24.3 Å². The predicted octanol–water partition coefficient (Wildman–Crippen LogP) is 7.68. The van der Waals surface area contributed by atoms with Gasteiger partial charge in [0.1, 0.15) is 13.2 Å². The van der Waals surface area contributed by atoms with E-state index >= 15 is 0 Å². The summed E-state index contributed by atoms with van der Waals surface area (Å²) in [5.74, 6) is -3.23. The lowest BCUT2D eigenvalue weighted by atomic mass is 9.85. The van der Waals surface area contributed by atoms with E-state index in [1.165, 1.54) is 0 Å².